The van der Waals surface area contributed by atoms with Gasteiger partial charge in [0.1, 0.15) is 6.26 Å². The maximum absolute atomic E-state index is 12.8. The van der Waals surface area contributed by atoms with Crippen LogP contribution in [-0.2, 0) is 0 Å². The van der Waals surface area contributed by atoms with Crippen LogP contribution >= 0.6 is 0 Å². The van der Waals surface area contributed by atoms with Crippen molar-refractivity contribution >= 4 is 11.7 Å². The molecule has 0 spiro atoms. The number of oxazole rings is 1. The lowest BCUT2D eigenvalue weighted by atomic mass is 10.00. The van der Waals surface area contributed by atoms with E-state index in [0.717, 1.165) is 36.4 Å². The number of likely N-dealkylation sites (N-methyl/N-ethyl adjacent to an activating group) is 1. The minimum atomic E-state index is -0.0472. The van der Waals surface area contributed by atoms with Crippen molar-refractivity contribution < 1.29 is 9.21 Å². The van der Waals surface area contributed by atoms with Crippen molar-refractivity contribution in [1.29, 1.82) is 0 Å². The Morgan fingerprint density at radius 2 is 2.16 bits per heavy atom. The van der Waals surface area contributed by atoms with E-state index in [0.29, 0.717) is 11.8 Å². The third-order valence-corrected chi connectivity index (χ3v) is 4.80. The fraction of sp³-hybridized carbons (Fsp3) is 0.474. The smallest absolute Gasteiger partial charge is 0.322 e. The first-order valence-corrected chi connectivity index (χ1v) is 8.72. The number of hydrogen-bond donors (Lipinski definition) is 1. The lowest BCUT2D eigenvalue weighted by molar-refractivity contribution is 0.0922. The van der Waals surface area contributed by atoms with Gasteiger partial charge in [-0.25, -0.2) is 9.78 Å². The average molecular weight is 342 g/mol. The quantitative estimate of drug-likeness (QED) is 0.928. The third kappa shape index (κ3) is 3.85. The molecule has 0 bridgehead atoms. The van der Waals surface area contributed by atoms with E-state index in [1.807, 2.05) is 30.0 Å². The molecule has 1 aromatic heterocycles. The number of piperazine rings is 1. The zero-order valence-electron chi connectivity index (χ0n) is 15.3. The van der Waals surface area contributed by atoms with Crippen LogP contribution in [0.15, 0.2) is 35.1 Å². The molecular formula is C19H26N4O2. The van der Waals surface area contributed by atoms with E-state index >= 15 is 0 Å². The Kier molecular flexibility index (Phi) is 5.08. The van der Waals surface area contributed by atoms with Crippen molar-refractivity contribution in [1.82, 2.24) is 14.8 Å². The Labute approximate surface area is 148 Å². The van der Waals surface area contributed by atoms with Gasteiger partial charge in [0, 0.05) is 36.9 Å². The number of hydrogen-bond acceptors (Lipinski definition) is 4. The Balaban J connectivity index is 1.78. The number of anilines is 1. The zero-order valence-corrected chi connectivity index (χ0v) is 15.3. The molecular weight excluding hydrogens is 316 g/mol. The van der Waals surface area contributed by atoms with E-state index in [1.54, 1.807) is 12.5 Å². The van der Waals surface area contributed by atoms with Gasteiger partial charge in [0.05, 0.1) is 6.20 Å². The highest BCUT2D eigenvalue weighted by Gasteiger charge is 2.31. The first-order valence-electron chi connectivity index (χ1n) is 8.72. The number of benzene rings is 1. The molecule has 0 unspecified atom stereocenters. The number of urea groups is 1. The van der Waals surface area contributed by atoms with Gasteiger partial charge in [-0.05, 0) is 37.6 Å². The molecule has 0 saturated carbocycles. The molecule has 1 aliphatic rings. The molecule has 1 N–H and O–H groups in total. The SMILES string of the molecule is Cc1ccc(NC(=O)N2CCN(C)C[C@H]2C(C)C)cc1-c1ncco1. The maximum Gasteiger partial charge on any atom is 0.322 e. The van der Waals surface area contributed by atoms with Crippen molar-refractivity contribution in [3.05, 3.63) is 36.2 Å². The number of amides is 2. The van der Waals surface area contributed by atoms with Gasteiger partial charge in [-0.2, -0.15) is 0 Å². The van der Waals surface area contributed by atoms with E-state index in [1.165, 1.54) is 0 Å². The Morgan fingerprint density at radius 1 is 1.36 bits per heavy atom. The number of nitrogens with one attached hydrogen (secondary N) is 1. The Hall–Kier alpha value is -2.34. The van der Waals surface area contributed by atoms with Gasteiger partial charge in [-0.1, -0.05) is 19.9 Å². The molecule has 1 aliphatic heterocycles. The highest BCUT2D eigenvalue weighted by molar-refractivity contribution is 5.90. The molecule has 2 aromatic rings. The summed E-state index contributed by atoms with van der Waals surface area (Å²) in [5.74, 6) is 0.975. The number of rotatable bonds is 3. The molecule has 134 valence electrons. The topological polar surface area (TPSA) is 61.6 Å². The summed E-state index contributed by atoms with van der Waals surface area (Å²) in [6.07, 6.45) is 3.18. The van der Waals surface area contributed by atoms with E-state index in [9.17, 15) is 4.79 Å². The van der Waals surface area contributed by atoms with Gasteiger partial charge in [-0.15, -0.1) is 0 Å². The normalized spacial score (nSPS) is 18.6. The first kappa shape index (κ1) is 17.5. The van der Waals surface area contributed by atoms with Crippen LogP contribution < -0.4 is 5.32 Å². The molecule has 0 aliphatic carbocycles. The minimum absolute atomic E-state index is 0.0472. The van der Waals surface area contributed by atoms with E-state index < -0.39 is 0 Å². The lowest BCUT2D eigenvalue weighted by Gasteiger charge is -2.42. The summed E-state index contributed by atoms with van der Waals surface area (Å²) < 4.78 is 5.40. The van der Waals surface area contributed by atoms with Crippen molar-refractivity contribution in [2.75, 3.05) is 32.0 Å². The van der Waals surface area contributed by atoms with Crippen LogP contribution in [-0.4, -0.2) is 53.5 Å². The summed E-state index contributed by atoms with van der Waals surface area (Å²) in [5, 5.41) is 3.04. The van der Waals surface area contributed by atoms with Crippen LogP contribution in [0.25, 0.3) is 11.5 Å². The van der Waals surface area contributed by atoms with E-state index in [-0.39, 0.29) is 12.1 Å². The van der Waals surface area contributed by atoms with Crippen LogP contribution in [0.5, 0.6) is 0 Å². The summed E-state index contributed by atoms with van der Waals surface area (Å²) in [7, 11) is 2.10. The molecule has 6 heteroatoms. The van der Waals surface area contributed by atoms with E-state index in [4.69, 9.17) is 4.42 Å². The van der Waals surface area contributed by atoms with Crippen LogP contribution in [0.4, 0.5) is 10.5 Å². The van der Waals surface area contributed by atoms with Crippen LogP contribution in [0.1, 0.15) is 19.4 Å². The highest BCUT2D eigenvalue weighted by Crippen LogP contribution is 2.26. The molecule has 25 heavy (non-hydrogen) atoms. The van der Waals surface area contributed by atoms with Gasteiger partial charge in [-0.3, -0.25) is 0 Å². The van der Waals surface area contributed by atoms with Crippen LogP contribution in [0.3, 0.4) is 0 Å². The highest BCUT2D eigenvalue weighted by atomic mass is 16.3. The summed E-state index contributed by atoms with van der Waals surface area (Å²) in [6.45, 7) is 8.87. The molecule has 6 nitrogen and oxygen atoms in total. The standard InChI is InChI=1S/C19H26N4O2/c1-13(2)17-12-22(4)8-9-23(17)19(24)21-15-6-5-14(3)16(11-15)18-20-7-10-25-18/h5-7,10-11,13,17H,8-9,12H2,1-4H3,(H,21,24)/t17-/m0/s1. The summed E-state index contributed by atoms with van der Waals surface area (Å²) >= 11 is 0. The fourth-order valence-corrected chi connectivity index (χ4v) is 3.26. The van der Waals surface area contributed by atoms with Crippen LogP contribution in [0, 0.1) is 12.8 Å². The molecule has 2 heterocycles. The summed E-state index contributed by atoms with van der Waals surface area (Å²) in [6, 6.07) is 5.98. The van der Waals surface area contributed by atoms with Crippen molar-refractivity contribution in [2.45, 2.75) is 26.8 Å². The second-order valence-electron chi connectivity index (χ2n) is 7.06. The third-order valence-electron chi connectivity index (χ3n) is 4.80. The molecule has 0 radical (unpaired) electrons. The largest absolute Gasteiger partial charge is 0.445 e. The predicted molar refractivity (Wildman–Crippen MR) is 98.5 cm³/mol. The Morgan fingerprint density at radius 3 is 2.84 bits per heavy atom. The molecule has 2 amide bonds. The van der Waals surface area contributed by atoms with E-state index in [2.05, 4.69) is 36.1 Å². The summed E-state index contributed by atoms with van der Waals surface area (Å²) in [5.41, 5.74) is 2.70. The van der Waals surface area contributed by atoms with Gasteiger partial charge < -0.3 is 19.5 Å². The number of aromatic nitrogens is 1. The molecule has 3 rings (SSSR count). The first-order chi connectivity index (χ1) is 12.0. The van der Waals surface area contributed by atoms with Crippen LogP contribution in [0.2, 0.25) is 0 Å². The number of nitrogens with zero attached hydrogens (tertiary/aromatic N) is 3. The second kappa shape index (κ2) is 7.27. The molecule has 1 fully saturated rings. The van der Waals surface area contributed by atoms with Crippen molar-refractivity contribution in [3.63, 3.8) is 0 Å². The van der Waals surface area contributed by atoms with Gasteiger partial charge in [0.15, 0.2) is 0 Å². The average Bonchev–Trinajstić information content (AvgIpc) is 3.10. The van der Waals surface area contributed by atoms with Crippen molar-refractivity contribution in [3.8, 4) is 11.5 Å². The lowest BCUT2D eigenvalue weighted by Crippen LogP contribution is -2.57. The number of carbonyl (C=O) groups excluding carboxylic acids is 1. The minimum Gasteiger partial charge on any atom is -0.445 e. The monoisotopic (exact) mass is 342 g/mol. The van der Waals surface area contributed by atoms with Crippen molar-refractivity contribution in [2.24, 2.45) is 5.92 Å². The molecule has 1 aromatic carbocycles. The van der Waals surface area contributed by atoms with Gasteiger partial charge in [0.25, 0.3) is 0 Å². The van der Waals surface area contributed by atoms with Gasteiger partial charge in [0.2, 0.25) is 5.89 Å². The fourth-order valence-electron chi connectivity index (χ4n) is 3.26. The maximum atomic E-state index is 12.8. The Bertz CT molecular complexity index is 727. The molecule has 1 atom stereocenters. The number of carbonyl (C=O) groups is 1. The number of aryl methyl sites for hydroxylation is 1. The molecule has 1 saturated heterocycles. The summed E-state index contributed by atoms with van der Waals surface area (Å²) in [4.78, 5) is 21.3. The second-order valence-corrected chi connectivity index (χ2v) is 7.06. The predicted octanol–water partition coefficient (Wildman–Crippen LogP) is 3.45. The van der Waals surface area contributed by atoms with Gasteiger partial charge >= 0.3 is 6.03 Å². The zero-order chi connectivity index (χ0) is 18.0.